The van der Waals surface area contributed by atoms with E-state index in [9.17, 15) is 0 Å². The van der Waals surface area contributed by atoms with Gasteiger partial charge in [-0.1, -0.05) is 54.2 Å². The zero-order chi connectivity index (χ0) is 14.6. The Morgan fingerprint density at radius 1 is 1.35 bits per heavy atom. The number of nitrogens with zero attached hydrogens (tertiary/aromatic N) is 1. The van der Waals surface area contributed by atoms with Gasteiger partial charge in [0.15, 0.2) is 0 Å². The predicted molar refractivity (Wildman–Crippen MR) is 89.6 cm³/mol. The van der Waals surface area contributed by atoms with E-state index in [0.717, 1.165) is 23.5 Å². The van der Waals surface area contributed by atoms with Gasteiger partial charge in [-0.25, -0.2) is 0 Å². The van der Waals surface area contributed by atoms with Gasteiger partial charge in [0, 0.05) is 23.1 Å². The van der Waals surface area contributed by atoms with Crippen LogP contribution in [0, 0.1) is 5.92 Å². The first kappa shape index (κ1) is 16.0. The van der Waals surface area contributed by atoms with Crippen molar-refractivity contribution in [1.29, 1.82) is 0 Å². The molecular weight excluding hydrogens is 312 g/mol. The molecule has 0 aromatic heterocycles. The van der Waals surface area contributed by atoms with Gasteiger partial charge in [-0.05, 0) is 43.5 Å². The molecule has 2 N–H and O–H groups in total. The van der Waals surface area contributed by atoms with Crippen LogP contribution in [-0.2, 0) is 6.54 Å². The molecule has 1 aliphatic rings. The molecule has 112 valence electrons. The van der Waals surface area contributed by atoms with Gasteiger partial charge in [-0.3, -0.25) is 4.90 Å². The Morgan fingerprint density at radius 2 is 2.05 bits per heavy atom. The maximum absolute atomic E-state index is 6.18. The molecule has 3 heteroatoms. The summed E-state index contributed by atoms with van der Waals surface area (Å²) in [6.45, 7) is 4.07. The number of likely N-dealkylation sites (N-methyl/N-ethyl adjacent to an activating group) is 1. The van der Waals surface area contributed by atoms with Crippen LogP contribution in [0.25, 0.3) is 0 Å². The Hall–Kier alpha value is -0.380. The average Bonchev–Trinajstić information content (AvgIpc) is 2.49. The van der Waals surface area contributed by atoms with Gasteiger partial charge < -0.3 is 5.73 Å². The summed E-state index contributed by atoms with van der Waals surface area (Å²) in [5.41, 5.74) is 7.75. The van der Waals surface area contributed by atoms with Gasteiger partial charge in [0.1, 0.15) is 0 Å². The van der Waals surface area contributed by atoms with Crippen LogP contribution >= 0.6 is 15.9 Å². The van der Waals surface area contributed by atoms with Gasteiger partial charge >= 0.3 is 0 Å². The van der Waals surface area contributed by atoms with Gasteiger partial charge in [0.05, 0.1) is 0 Å². The first-order valence-corrected chi connectivity index (χ1v) is 8.54. The Balaban J connectivity index is 2.08. The van der Waals surface area contributed by atoms with Gasteiger partial charge in [0.25, 0.3) is 0 Å². The minimum atomic E-state index is 0.200. The van der Waals surface area contributed by atoms with E-state index < -0.39 is 0 Å². The molecule has 1 aliphatic carbocycles. The third kappa shape index (κ3) is 3.63. The fraction of sp³-hybridized carbons (Fsp3) is 0.647. The second-order valence-corrected chi connectivity index (χ2v) is 7.20. The molecule has 0 radical (unpaired) electrons. The van der Waals surface area contributed by atoms with E-state index in [1.54, 1.807) is 0 Å². The molecule has 2 nitrogen and oxygen atoms in total. The third-order valence-corrected chi connectivity index (χ3v) is 5.55. The van der Waals surface area contributed by atoms with Crippen LogP contribution in [-0.4, -0.2) is 24.0 Å². The summed E-state index contributed by atoms with van der Waals surface area (Å²) in [4.78, 5) is 2.50. The predicted octanol–water partition coefficient (Wildman–Crippen LogP) is 4.18. The molecule has 0 amide bonds. The largest absolute Gasteiger partial charge is 0.329 e. The van der Waals surface area contributed by atoms with Gasteiger partial charge in [0.2, 0.25) is 0 Å². The molecule has 0 bridgehead atoms. The van der Waals surface area contributed by atoms with Gasteiger partial charge in [-0.15, -0.1) is 0 Å². The smallest absolute Gasteiger partial charge is 0.0334 e. The van der Waals surface area contributed by atoms with E-state index in [2.05, 4.69) is 59.1 Å². The maximum atomic E-state index is 6.18. The van der Waals surface area contributed by atoms with Crippen molar-refractivity contribution in [3.63, 3.8) is 0 Å². The van der Waals surface area contributed by atoms with Crippen LogP contribution < -0.4 is 5.73 Å². The number of benzene rings is 1. The first-order chi connectivity index (χ1) is 9.59. The van der Waals surface area contributed by atoms with Crippen LogP contribution in [0.4, 0.5) is 0 Å². The van der Waals surface area contributed by atoms with Crippen molar-refractivity contribution in [1.82, 2.24) is 4.90 Å². The molecule has 2 unspecified atom stereocenters. The van der Waals surface area contributed by atoms with E-state index in [4.69, 9.17) is 5.73 Å². The molecule has 0 heterocycles. The van der Waals surface area contributed by atoms with Crippen molar-refractivity contribution in [2.24, 2.45) is 11.7 Å². The number of rotatable bonds is 5. The summed E-state index contributed by atoms with van der Waals surface area (Å²) >= 11 is 3.50. The second kappa shape index (κ2) is 7.06. The summed E-state index contributed by atoms with van der Waals surface area (Å²) in [5.74, 6) is 0.847. The van der Waals surface area contributed by atoms with Crippen molar-refractivity contribution < 1.29 is 0 Å². The maximum Gasteiger partial charge on any atom is 0.0334 e. The molecule has 0 spiro atoms. The standard InChI is InChI=1S/C17H27BrN2/c1-3-14-5-4-10-17(11-14,13-19)20(2)12-15-6-8-16(18)9-7-15/h6-9,14H,3-5,10-13,19H2,1-2H3. The zero-order valence-corrected chi connectivity index (χ0v) is 14.3. The Morgan fingerprint density at radius 3 is 2.65 bits per heavy atom. The molecule has 1 aromatic carbocycles. The highest BCUT2D eigenvalue weighted by molar-refractivity contribution is 9.10. The molecule has 0 aliphatic heterocycles. The minimum absolute atomic E-state index is 0.200. The van der Waals surface area contributed by atoms with E-state index in [1.807, 2.05) is 0 Å². The average molecular weight is 339 g/mol. The van der Waals surface area contributed by atoms with Gasteiger partial charge in [-0.2, -0.15) is 0 Å². The molecule has 0 saturated heterocycles. The summed E-state index contributed by atoms with van der Waals surface area (Å²) in [6, 6.07) is 8.64. The fourth-order valence-corrected chi connectivity index (χ4v) is 3.79. The molecule has 20 heavy (non-hydrogen) atoms. The summed E-state index contributed by atoms with van der Waals surface area (Å²) < 4.78 is 1.14. The Labute approximate surface area is 131 Å². The van der Waals surface area contributed by atoms with Crippen molar-refractivity contribution in [3.05, 3.63) is 34.3 Å². The van der Waals surface area contributed by atoms with Crippen molar-refractivity contribution in [2.45, 2.75) is 51.1 Å². The topological polar surface area (TPSA) is 29.3 Å². The van der Waals surface area contributed by atoms with E-state index in [1.165, 1.54) is 37.7 Å². The highest BCUT2D eigenvalue weighted by Gasteiger charge is 2.37. The molecular formula is C17H27BrN2. The number of halogens is 1. The SMILES string of the molecule is CCC1CCCC(CN)(N(C)Cc2ccc(Br)cc2)C1. The summed E-state index contributed by atoms with van der Waals surface area (Å²) in [7, 11) is 2.24. The van der Waals surface area contributed by atoms with Crippen LogP contribution in [0.2, 0.25) is 0 Å². The third-order valence-electron chi connectivity index (χ3n) is 5.02. The van der Waals surface area contributed by atoms with Crippen LogP contribution in [0.3, 0.4) is 0 Å². The summed E-state index contributed by atoms with van der Waals surface area (Å²) in [6.07, 6.45) is 6.48. The monoisotopic (exact) mass is 338 g/mol. The molecule has 1 fully saturated rings. The van der Waals surface area contributed by atoms with Crippen molar-refractivity contribution in [3.8, 4) is 0 Å². The Bertz CT molecular complexity index is 418. The molecule has 2 atom stereocenters. The van der Waals surface area contributed by atoms with Crippen LogP contribution in [0.5, 0.6) is 0 Å². The van der Waals surface area contributed by atoms with Crippen molar-refractivity contribution in [2.75, 3.05) is 13.6 Å². The lowest BCUT2D eigenvalue weighted by atomic mass is 9.73. The van der Waals surface area contributed by atoms with Crippen molar-refractivity contribution >= 4 is 15.9 Å². The normalized spacial score (nSPS) is 26.9. The lowest BCUT2D eigenvalue weighted by molar-refractivity contribution is 0.0504. The number of hydrogen-bond donors (Lipinski definition) is 1. The highest BCUT2D eigenvalue weighted by Crippen LogP contribution is 2.37. The molecule has 1 aromatic rings. The second-order valence-electron chi connectivity index (χ2n) is 6.28. The van der Waals surface area contributed by atoms with Crippen LogP contribution in [0.1, 0.15) is 44.6 Å². The van der Waals surface area contributed by atoms with E-state index >= 15 is 0 Å². The van der Waals surface area contributed by atoms with E-state index in [0.29, 0.717) is 0 Å². The lowest BCUT2D eigenvalue weighted by Gasteiger charge is -2.46. The Kier molecular flexibility index (Phi) is 5.65. The minimum Gasteiger partial charge on any atom is -0.329 e. The van der Waals surface area contributed by atoms with Crippen LogP contribution in [0.15, 0.2) is 28.7 Å². The summed E-state index contributed by atoms with van der Waals surface area (Å²) in [5, 5.41) is 0. The number of nitrogens with two attached hydrogens (primary N) is 1. The quantitative estimate of drug-likeness (QED) is 0.872. The molecule has 2 rings (SSSR count). The zero-order valence-electron chi connectivity index (χ0n) is 12.7. The first-order valence-electron chi connectivity index (χ1n) is 7.75. The lowest BCUT2D eigenvalue weighted by Crippen LogP contribution is -2.54. The highest BCUT2D eigenvalue weighted by atomic mass is 79.9. The number of hydrogen-bond acceptors (Lipinski definition) is 2. The van der Waals surface area contributed by atoms with E-state index in [-0.39, 0.29) is 5.54 Å². The fourth-order valence-electron chi connectivity index (χ4n) is 3.53. The molecule has 1 saturated carbocycles.